The zero-order valence-corrected chi connectivity index (χ0v) is 13.1. The zero-order valence-electron chi connectivity index (χ0n) is 13.1. The van der Waals surface area contributed by atoms with E-state index in [1.807, 2.05) is 18.2 Å². The van der Waals surface area contributed by atoms with E-state index in [1.54, 1.807) is 25.3 Å². The number of furan rings is 1. The number of amides is 2. The third-order valence-electron chi connectivity index (χ3n) is 3.52. The number of fused-ring (bicyclic) bond motifs is 1. The van der Waals surface area contributed by atoms with Crippen molar-refractivity contribution in [1.82, 2.24) is 15.6 Å². The van der Waals surface area contributed by atoms with Crippen molar-refractivity contribution in [2.75, 3.05) is 13.7 Å². The molecule has 0 aliphatic heterocycles. The molecule has 0 unspecified atom stereocenters. The number of methoxy groups -OCH3 is 1. The summed E-state index contributed by atoms with van der Waals surface area (Å²) in [6, 6.07) is 10.7. The standard InChI is InChI=1S/C17H17N3O4/c1-23-12-5-4-11-7-15(20-14(11)8-12)17(22)19-10-16(21)18-9-13-3-2-6-24-13/h2-8,20H,9-10H2,1H3,(H,18,21)(H,19,22). The molecule has 3 N–H and O–H groups in total. The van der Waals surface area contributed by atoms with E-state index in [-0.39, 0.29) is 24.9 Å². The molecule has 7 heteroatoms. The molecule has 3 rings (SSSR count). The highest BCUT2D eigenvalue weighted by atomic mass is 16.5. The number of carbonyl (C=O) groups excluding carboxylic acids is 2. The fraction of sp³-hybridized carbons (Fsp3) is 0.176. The van der Waals surface area contributed by atoms with Crippen LogP contribution in [0.15, 0.2) is 47.1 Å². The molecular formula is C17H17N3O4. The molecule has 3 aromatic rings. The predicted molar refractivity (Wildman–Crippen MR) is 87.7 cm³/mol. The lowest BCUT2D eigenvalue weighted by molar-refractivity contribution is -0.120. The lowest BCUT2D eigenvalue weighted by Crippen LogP contribution is -2.36. The highest BCUT2D eigenvalue weighted by molar-refractivity contribution is 5.99. The Balaban J connectivity index is 1.55. The molecule has 0 aliphatic rings. The average molecular weight is 327 g/mol. The molecule has 2 amide bonds. The van der Waals surface area contributed by atoms with Crippen LogP contribution in [0.25, 0.3) is 10.9 Å². The Bertz CT molecular complexity index is 852. The average Bonchev–Trinajstić information content (AvgIpc) is 3.26. The molecule has 0 spiro atoms. The number of hydrogen-bond acceptors (Lipinski definition) is 4. The number of H-pyrrole nitrogens is 1. The zero-order chi connectivity index (χ0) is 16.9. The predicted octanol–water partition coefficient (Wildman–Crippen LogP) is 1.82. The van der Waals surface area contributed by atoms with E-state index in [2.05, 4.69) is 15.6 Å². The maximum atomic E-state index is 12.1. The van der Waals surface area contributed by atoms with E-state index in [1.165, 1.54) is 6.26 Å². The fourth-order valence-electron chi connectivity index (χ4n) is 2.27. The first kappa shape index (κ1) is 15.7. The van der Waals surface area contributed by atoms with Crippen LogP contribution in [0.1, 0.15) is 16.2 Å². The van der Waals surface area contributed by atoms with Crippen molar-refractivity contribution in [3.05, 3.63) is 54.1 Å². The summed E-state index contributed by atoms with van der Waals surface area (Å²) in [4.78, 5) is 26.9. The topological polar surface area (TPSA) is 96.4 Å². The summed E-state index contributed by atoms with van der Waals surface area (Å²) in [6.07, 6.45) is 1.54. The van der Waals surface area contributed by atoms with Crippen LogP contribution in [-0.4, -0.2) is 30.5 Å². The largest absolute Gasteiger partial charge is 0.497 e. The Labute approximate surface area is 138 Å². The van der Waals surface area contributed by atoms with Crippen LogP contribution < -0.4 is 15.4 Å². The highest BCUT2D eigenvalue weighted by Gasteiger charge is 2.11. The van der Waals surface area contributed by atoms with Gasteiger partial charge in [0.25, 0.3) is 5.91 Å². The third-order valence-corrected chi connectivity index (χ3v) is 3.52. The molecule has 0 saturated carbocycles. The molecule has 7 nitrogen and oxygen atoms in total. The monoisotopic (exact) mass is 327 g/mol. The van der Waals surface area contributed by atoms with Crippen molar-refractivity contribution in [3.8, 4) is 5.75 Å². The maximum Gasteiger partial charge on any atom is 0.268 e. The number of ether oxygens (including phenoxy) is 1. The lowest BCUT2D eigenvalue weighted by Gasteiger charge is -2.04. The van der Waals surface area contributed by atoms with Crippen LogP contribution >= 0.6 is 0 Å². The summed E-state index contributed by atoms with van der Waals surface area (Å²) in [7, 11) is 1.58. The SMILES string of the molecule is COc1ccc2cc(C(=O)NCC(=O)NCc3ccco3)[nH]c2c1. The van der Waals surface area contributed by atoms with Crippen LogP contribution in [0.2, 0.25) is 0 Å². The molecular weight excluding hydrogens is 310 g/mol. The minimum Gasteiger partial charge on any atom is -0.497 e. The Morgan fingerprint density at radius 2 is 2.08 bits per heavy atom. The molecule has 0 saturated heterocycles. The van der Waals surface area contributed by atoms with Gasteiger partial charge in [0.1, 0.15) is 17.2 Å². The highest BCUT2D eigenvalue weighted by Crippen LogP contribution is 2.21. The number of aromatic amines is 1. The Morgan fingerprint density at radius 1 is 1.21 bits per heavy atom. The number of rotatable bonds is 6. The van der Waals surface area contributed by atoms with Gasteiger partial charge in [0.15, 0.2) is 0 Å². The molecule has 24 heavy (non-hydrogen) atoms. The minimum absolute atomic E-state index is 0.113. The smallest absolute Gasteiger partial charge is 0.268 e. The summed E-state index contributed by atoms with van der Waals surface area (Å²) < 4.78 is 10.3. The van der Waals surface area contributed by atoms with Crippen LogP contribution in [0.4, 0.5) is 0 Å². The number of aromatic nitrogens is 1. The fourth-order valence-corrected chi connectivity index (χ4v) is 2.27. The molecule has 0 aliphatic carbocycles. The van der Waals surface area contributed by atoms with E-state index in [0.717, 1.165) is 10.9 Å². The Hall–Kier alpha value is -3.22. The summed E-state index contributed by atoms with van der Waals surface area (Å²) in [5.74, 6) is 0.712. The first-order chi connectivity index (χ1) is 11.7. The van der Waals surface area contributed by atoms with Crippen LogP contribution in [0.3, 0.4) is 0 Å². The molecule has 124 valence electrons. The van der Waals surface area contributed by atoms with Gasteiger partial charge in [-0.1, -0.05) is 0 Å². The van der Waals surface area contributed by atoms with Gasteiger partial charge in [-0.25, -0.2) is 0 Å². The van der Waals surface area contributed by atoms with Gasteiger partial charge in [0, 0.05) is 17.0 Å². The number of nitrogens with one attached hydrogen (secondary N) is 3. The summed E-state index contributed by atoms with van der Waals surface area (Å²) in [6.45, 7) is 0.173. The van der Waals surface area contributed by atoms with Gasteiger partial charge in [-0.05, 0) is 30.3 Å². The van der Waals surface area contributed by atoms with Crippen molar-refractivity contribution in [2.24, 2.45) is 0 Å². The number of hydrogen-bond donors (Lipinski definition) is 3. The van der Waals surface area contributed by atoms with Gasteiger partial charge in [0.2, 0.25) is 5.91 Å². The van der Waals surface area contributed by atoms with Crippen molar-refractivity contribution < 1.29 is 18.7 Å². The molecule has 2 aromatic heterocycles. The third kappa shape index (κ3) is 3.57. The molecule has 2 heterocycles. The van der Waals surface area contributed by atoms with E-state index < -0.39 is 0 Å². The van der Waals surface area contributed by atoms with E-state index >= 15 is 0 Å². The maximum absolute atomic E-state index is 12.1. The van der Waals surface area contributed by atoms with Gasteiger partial charge >= 0.3 is 0 Å². The second kappa shape index (κ2) is 6.91. The first-order valence-electron chi connectivity index (χ1n) is 7.40. The van der Waals surface area contributed by atoms with Crippen molar-refractivity contribution >= 4 is 22.7 Å². The second-order valence-corrected chi connectivity index (χ2v) is 5.17. The molecule has 1 aromatic carbocycles. The Morgan fingerprint density at radius 3 is 2.83 bits per heavy atom. The lowest BCUT2D eigenvalue weighted by atomic mass is 10.2. The van der Waals surface area contributed by atoms with E-state index in [0.29, 0.717) is 17.2 Å². The van der Waals surface area contributed by atoms with E-state index in [4.69, 9.17) is 9.15 Å². The van der Waals surface area contributed by atoms with Crippen molar-refractivity contribution in [3.63, 3.8) is 0 Å². The molecule has 0 radical (unpaired) electrons. The van der Waals surface area contributed by atoms with Gasteiger partial charge in [-0.15, -0.1) is 0 Å². The summed E-state index contributed by atoms with van der Waals surface area (Å²) >= 11 is 0. The van der Waals surface area contributed by atoms with Gasteiger partial charge < -0.3 is 24.8 Å². The molecule has 0 bridgehead atoms. The van der Waals surface area contributed by atoms with Crippen LogP contribution in [0.5, 0.6) is 5.75 Å². The van der Waals surface area contributed by atoms with Crippen molar-refractivity contribution in [2.45, 2.75) is 6.54 Å². The quantitative estimate of drug-likeness (QED) is 0.643. The normalized spacial score (nSPS) is 10.5. The second-order valence-electron chi connectivity index (χ2n) is 5.17. The van der Waals surface area contributed by atoms with Gasteiger partial charge in [0.05, 0.1) is 26.5 Å². The van der Waals surface area contributed by atoms with E-state index in [9.17, 15) is 9.59 Å². The van der Waals surface area contributed by atoms with Crippen molar-refractivity contribution in [1.29, 1.82) is 0 Å². The van der Waals surface area contributed by atoms with Crippen LogP contribution in [0, 0.1) is 0 Å². The van der Waals surface area contributed by atoms with Gasteiger partial charge in [-0.2, -0.15) is 0 Å². The molecule has 0 fully saturated rings. The minimum atomic E-state index is -0.349. The number of carbonyl (C=O) groups is 2. The van der Waals surface area contributed by atoms with Gasteiger partial charge in [-0.3, -0.25) is 9.59 Å². The number of benzene rings is 1. The first-order valence-corrected chi connectivity index (χ1v) is 7.40. The Kier molecular flexibility index (Phi) is 4.51. The van der Waals surface area contributed by atoms with Crippen LogP contribution in [-0.2, 0) is 11.3 Å². The summed E-state index contributed by atoms with van der Waals surface area (Å²) in [5.41, 5.74) is 1.18. The summed E-state index contributed by atoms with van der Waals surface area (Å²) in [5, 5.41) is 6.13. The molecule has 0 atom stereocenters.